The number of fused-ring (bicyclic) bond motifs is 12. The summed E-state index contributed by atoms with van der Waals surface area (Å²) in [5, 5.41) is 40.6. The second-order valence-electron chi connectivity index (χ2n) is 10.8. The third kappa shape index (κ3) is 5.57. The highest BCUT2D eigenvalue weighted by Gasteiger charge is 2.28. The molecule has 0 amide bonds. The zero-order chi connectivity index (χ0) is 27.5. The van der Waals surface area contributed by atoms with Gasteiger partial charge >= 0.3 is 0 Å². The second-order valence-corrected chi connectivity index (χ2v) is 10.8. The summed E-state index contributed by atoms with van der Waals surface area (Å²) in [4.78, 5) is 12.7. The number of phenols is 2. The van der Waals surface area contributed by atoms with Gasteiger partial charge in [0.2, 0.25) is 5.90 Å². The summed E-state index contributed by atoms with van der Waals surface area (Å²) in [5.41, 5.74) is 5.97. The van der Waals surface area contributed by atoms with Gasteiger partial charge in [0.05, 0.1) is 0 Å². The van der Waals surface area contributed by atoms with Crippen molar-refractivity contribution < 1.29 is 24.9 Å². The Labute approximate surface area is 229 Å². The molecule has 1 aliphatic carbocycles. The quantitative estimate of drug-likeness (QED) is 0.292. The normalized spacial score (nSPS) is 20.3. The average Bonchev–Trinajstić information content (AvgIpc) is 2.93. The lowest BCUT2D eigenvalue weighted by molar-refractivity contribution is 0.0972. The van der Waals surface area contributed by atoms with Crippen LogP contribution in [0.2, 0.25) is 0 Å². The molecule has 0 spiro atoms. The van der Waals surface area contributed by atoms with Crippen molar-refractivity contribution in [1.29, 1.82) is 5.41 Å². The number of carbonyl (C=O) groups is 1. The van der Waals surface area contributed by atoms with Crippen LogP contribution in [-0.2, 0) is 12.8 Å². The average molecular weight is 528 g/mol. The van der Waals surface area contributed by atoms with Gasteiger partial charge < -0.3 is 20.1 Å². The van der Waals surface area contributed by atoms with E-state index in [1.807, 2.05) is 31.2 Å². The molecule has 6 nitrogen and oxygen atoms in total. The van der Waals surface area contributed by atoms with Gasteiger partial charge in [-0.15, -0.1) is 0 Å². The van der Waals surface area contributed by atoms with E-state index in [-0.39, 0.29) is 34.8 Å². The van der Waals surface area contributed by atoms with Crippen LogP contribution >= 0.6 is 0 Å². The maximum Gasteiger partial charge on any atom is 0.216 e. The van der Waals surface area contributed by atoms with Crippen LogP contribution < -0.4 is 4.74 Å². The van der Waals surface area contributed by atoms with E-state index in [4.69, 9.17) is 10.1 Å². The van der Waals surface area contributed by atoms with Crippen LogP contribution in [0.1, 0.15) is 96.8 Å². The Morgan fingerprint density at radius 3 is 2.46 bits per heavy atom. The number of ketones is 1. The molecule has 6 rings (SSSR count). The van der Waals surface area contributed by atoms with Crippen molar-refractivity contribution in [3.63, 3.8) is 0 Å². The van der Waals surface area contributed by atoms with Crippen molar-refractivity contribution in [2.75, 3.05) is 0 Å². The van der Waals surface area contributed by atoms with E-state index in [9.17, 15) is 20.1 Å². The van der Waals surface area contributed by atoms with Crippen LogP contribution in [0.4, 0.5) is 0 Å². The Morgan fingerprint density at radius 1 is 0.872 bits per heavy atom. The van der Waals surface area contributed by atoms with Crippen LogP contribution in [0.15, 0.2) is 48.5 Å². The Balaban J connectivity index is 1.71. The number of aliphatic hydroxyl groups is 1. The van der Waals surface area contributed by atoms with Crippen LogP contribution in [0.25, 0.3) is 11.1 Å². The monoisotopic (exact) mass is 527 g/mol. The number of benzene rings is 3. The van der Waals surface area contributed by atoms with Crippen molar-refractivity contribution >= 4 is 11.7 Å². The molecule has 0 aromatic heterocycles. The number of hydrogen-bond acceptors (Lipinski definition) is 6. The molecule has 2 aliphatic heterocycles. The molecule has 3 aliphatic rings. The van der Waals surface area contributed by atoms with Crippen molar-refractivity contribution in [2.45, 2.75) is 83.2 Å². The van der Waals surface area contributed by atoms with Gasteiger partial charge in [-0.05, 0) is 72.6 Å². The number of Topliss-reactive ketones (excluding diaryl/α,β-unsaturated/α-hetero) is 1. The minimum absolute atomic E-state index is 0.0623. The van der Waals surface area contributed by atoms with E-state index in [1.54, 1.807) is 18.2 Å². The molecule has 2 atom stereocenters. The first kappa shape index (κ1) is 26.9. The highest BCUT2D eigenvalue weighted by atomic mass is 16.5. The predicted octanol–water partition coefficient (Wildman–Crippen LogP) is 7.05. The summed E-state index contributed by atoms with van der Waals surface area (Å²) in [6, 6.07) is 14.8. The van der Waals surface area contributed by atoms with Gasteiger partial charge in [-0.2, -0.15) is 0 Å². The van der Waals surface area contributed by atoms with Gasteiger partial charge in [0, 0.05) is 35.1 Å². The molecule has 0 saturated carbocycles. The molecule has 2 heterocycles. The lowest BCUT2D eigenvalue weighted by Crippen LogP contribution is -2.25. The van der Waals surface area contributed by atoms with Crippen LogP contribution in [0.5, 0.6) is 17.2 Å². The first-order valence-electron chi connectivity index (χ1n) is 14.2. The zero-order valence-corrected chi connectivity index (χ0v) is 22.5. The molecule has 39 heavy (non-hydrogen) atoms. The molecular weight excluding hydrogens is 490 g/mol. The van der Waals surface area contributed by atoms with Gasteiger partial charge in [0.1, 0.15) is 23.4 Å². The smallest absolute Gasteiger partial charge is 0.216 e. The van der Waals surface area contributed by atoms with E-state index >= 15 is 0 Å². The fourth-order valence-corrected chi connectivity index (χ4v) is 6.08. The number of rotatable bonds is 3. The summed E-state index contributed by atoms with van der Waals surface area (Å²) in [7, 11) is 0. The summed E-state index contributed by atoms with van der Waals surface area (Å²) < 4.78 is 5.91. The molecule has 3 aromatic rings. The molecule has 3 aromatic carbocycles. The van der Waals surface area contributed by atoms with Gasteiger partial charge in [0.25, 0.3) is 0 Å². The minimum atomic E-state index is -1.02. The topological polar surface area (TPSA) is 111 Å². The number of aromatic hydroxyl groups is 2. The van der Waals surface area contributed by atoms with E-state index in [2.05, 4.69) is 6.07 Å². The Morgan fingerprint density at radius 2 is 1.67 bits per heavy atom. The van der Waals surface area contributed by atoms with Crippen molar-refractivity contribution in [3.05, 3.63) is 76.3 Å². The van der Waals surface area contributed by atoms with Gasteiger partial charge in [-0.1, -0.05) is 56.9 Å². The Hall–Kier alpha value is -3.64. The van der Waals surface area contributed by atoms with Crippen LogP contribution in [-0.4, -0.2) is 33.1 Å². The Bertz CT molecular complexity index is 1400. The third-order valence-corrected chi connectivity index (χ3v) is 8.24. The molecule has 4 N–H and O–H groups in total. The first-order chi connectivity index (χ1) is 18.9. The SMILES string of the molecule is CCc1cc(-c2cc3c(O)cc2OC(=N)C(O)CCCCCCC3c2cccc3c2CCCC3=O)ccc1O. The van der Waals surface area contributed by atoms with Gasteiger partial charge in [-0.3, -0.25) is 10.2 Å². The lowest BCUT2D eigenvalue weighted by atomic mass is 9.78. The standard InChI is InChI=1S/C33H37NO5/c1-2-20-17-21(15-16-28(20)35)26-18-27-24(22-10-7-12-25-23(22)11-8-14-29(25)36)9-5-3-4-6-13-30(37)33(34)39-32(26)19-31(27)38/h7,10,12,15-19,24,30,34-35,37-38H,2-6,8-9,11,13-14H2,1H3. The number of ether oxygens (including phenoxy) is 1. The van der Waals surface area contributed by atoms with Crippen molar-refractivity contribution in [1.82, 2.24) is 0 Å². The molecule has 0 radical (unpaired) electrons. The second kappa shape index (κ2) is 11.6. The number of aliphatic hydroxyl groups excluding tert-OH is 1. The summed E-state index contributed by atoms with van der Waals surface area (Å²) >= 11 is 0. The first-order valence-corrected chi connectivity index (χ1v) is 14.2. The summed E-state index contributed by atoms with van der Waals surface area (Å²) in [6.07, 6.45) is 6.74. The van der Waals surface area contributed by atoms with E-state index < -0.39 is 6.10 Å². The summed E-state index contributed by atoms with van der Waals surface area (Å²) in [6.45, 7) is 1.97. The zero-order valence-electron chi connectivity index (χ0n) is 22.5. The Kier molecular flexibility index (Phi) is 8.03. The van der Waals surface area contributed by atoms with E-state index in [0.717, 1.165) is 78.3 Å². The number of aryl methyl sites for hydroxylation is 1. The maximum absolute atomic E-state index is 12.7. The lowest BCUT2D eigenvalue weighted by Gasteiger charge is -2.27. The van der Waals surface area contributed by atoms with Gasteiger partial charge in [-0.25, -0.2) is 0 Å². The molecule has 204 valence electrons. The number of phenolic OH excluding ortho intramolecular Hbond substituents is 2. The number of hydrogen-bond donors (Lipinski definition) is 4. The van der Waals surface area contributed by atoms with Gasteiger partial charge in [0.15, 0.2) is 5.78 Å². The largest absolute Gasteiger partial charge is 0.508 e. The highest BCUT2D eigenvalue weighted by molar-refractivity contribution is 5.98. The number of nitrogens with one attached hydrogen (secondary N) is 1. The highest BCUT2D eigenvalue weighted by Crippen LogP contribution is 2.45. The van der Waals surface area contributed by atoms with E-state index in [0.29, 0.717) is 24.8 Å². The molecule has 0 saturated heterocycles. The predicted molar refractivity (Wildman–Crippen MR) is 152 cm³/mol. The van der Waals surface area contributed by atoms with E-state index in [1.165, 1.54) is 0 Å². The molecule has 6 heteroatoms. The molecule has 2 bridgehead atoms. The summed E-state index contributed by atoms with van der Waals surface area (Å²) in [5.74, 6) is 0.380. The van der Waals surface area contributed by atoms with Crippen molar-refractivity contribution in [2.24, 2.45) is 0 Å². The number of carbonyl (C=O) groups excluding carboxylic acids is 1. The molecule has 2 unspecified atom stereocenters. The van der Waals surface area contributed by atoms with Crippen LogP contribution in [0.3, 0.4) is 0 Å². The van der Waals surface area contributed by atoms with Crippen LogP contribution in [0, 0.1) is 5.41 Å². The molecular formula is C33H37NO5. The third-order valence-electron chi connectivity index (χ3n) is 8.24. The van der Waals surface area contributed by atoms with Crippen molar-refractivity contribution in [3.8, 4) is 28.4 Å². The fraction of sp³-hybridized carbons (Fsp3) is 0.394. The molecule has 0 fully saturated rings. The minimum Gasteiger partial charge on any atom is -0.508 e. The fourth-order valence-electron chi connectivity index (χ4n) is 6.08. The maximum atomic E-state index is 12.7.